The second-order valence-electron chi connectivity index (χ2n) is 4.93. The number of hydrogen-bond acceptors (Lipinski definition) is 2. The SMILES string of the molecule is Cc1cc(C(O)C(CN)c2c(F)cccc2Cl)ccc1Br. The summed E-state index contributed by atoms with van der Waals surface area (Å²) < 4.78 is 15.0. The molecule has 2 unspecified atom stereocenters. The molecule has 0 saturated carbocycles. The summed E-state index contributed by atoms with van der Waals surface area (Å²) in [5, 5.41) is 10.9. The molecular formula is C16H16BrClFNO. The van der Waals surface area contributed by atoms with Crippen LogP contribution in [0.5, 0.6) is 0 Å². The zero-order valence-electron chi connectivity index (χ0n) is 11.5. The number of aliphatic hydroxyl groups is 1. The summed E-state index contributed by atoms with van der Waals surface area (Å²) >= 11 is 9.49. The molecule has 0 bridgehead atoms. The maximum atomic E-state index is 14.0. The van der Waals surface area contributed by atoms with Gasteiger partial charge in [0.2, 0.25) is 0 Å². The highest BCUT2D eigenvalue weighted by Crippen LogP contribution is 2.36. The van der Waals surface area contributed by atoms with E-state index in [0.29, 0.717) is 5.56 Å². The molecule has 5 heteroatoms. The number of aryl methyl sites for hydroxylation is 1. The number of aliphatic hydroxyl groups excluding tert-OH is 1. The van der Waals surface area contributed by atoms with Crippen LogP contribution in [0.15, 0.2) is 40.9 Å². The van der Waals surface area contributed by atoms with Crippen LogP contribution in [0, 0.1) is 12.7 Å². The maximum absolute atomic E-state index is 14.0. The van der Waals surface area contributed by atoms with Crippen molar-refractivity contribution in [1.82, 2.24) is 0 Å². The zero-order chi connectivity index (χ0) is 15.6. The lowest BCUT2D eigenvalue weighted by molar-refractivity contribution is 0.145. The van der Waals surface area contributed by atoms with Gasteiger partial charge < -0.3 is 10.8 Å². The van der Waals surface area contributed by atoms with Gasteiger partial charge in [-0.3, -0.25) is 0 Å². The molecule has 21 heavy (non-hydrogen) atoms. The minimum atomic E-state index is -0.920. The predicted octanol–water partition coefficient (Wildman–Crippen LogP) is 4.33. The summed E-state index contributed by atoms with van der Waals surface area (Å²) in [6.07, 6.45) is -0.920. The van der Waals surface area contributed by atoms with E-state index in [0.717, 1.165) is 10.0 Å². The Hall–Kier alpha value is -0.940. The molecular weight excluding hydrogens is 357 g/mol. The summed E-state index contributed by atoms with van der Waals surface area (Å²) in [7, 11) is 0. The van der Waals surface area contributed by atoms with Crippen LogP contribution in [0.3, 0.4) is 0 Å². The number of halogens is 3. The standard InChI is InChI=1S/C16H16BrClFNO/c1-9-7-10(5-6-12(9)17)16(21)11(8-20)15-13(18)3-2-4-14(15)19/h2-7,11,16,21H,8,20H2,1H3. The summed E-state index contributed by atoms with van der Waals surface area (Å²) in [5.41, 5.74) is 7.69. The van der Waals surface area contributed by atoms with Crippen LogP contribution < -0.4 is 5.73 Å². The number of rotatable bonds is 4. The molecule has 2 rings (SSSR count). The Morgan fingerprint density at radius 3 is 2.62 bits per heavy atom. The van der Waals surface area contributed by atoms with Gasteiger partial charge in [0.05, 0.1) is 6.10 Å². The van der Waals surface area contributed by atoms with Gasteiger partial charge in [0, 0.05) is 27.5 Å². The van der Waals surface area contributed by atoms with Crippen molar-refractivity contribution in [2.24, 2.45) is 5.73 Å². The Morgan fingerprint density at radius 2 is 2.05 bits per heavy atom. The third-order valence-corrected chi connectivity index (χ3v) is 4.75. The Bertz CT molecular complexity index is 630. The van der Waals surface area contributed by atoms with Gasteiger partial charge in [0.15, 0.2) is 0 Å². The van der Waals surface area contributed by atoms with Crippen molar-refractivity contribution in [3.8, 4) is 0 Å². The van der Waals surface area contributed by atoms with Crippen LogP contribution in [-0.2, 0) is 0 Å². The fourth-order valence-electron chi connectivity index (χ4n) is 2.35. The predicted molar refractivity (Wildman–Crippen MR) is 87.0 cm³/mol. The smallest absolute Gasteiger partial charge is 0.128 e. The van der Waals surface area contributed by atoms with Crippen molar-refractivity contribution in [1.29, 1.82) is 0 Å². The third-order valence-electron chi connectivity index (χ3n) is 3.53. The van der Waals surface area contributed by atoms with Crippen LogP contribution in [-0.4, -0.2) is 11.7 Å². The van der Waals surface area contributed by atoms with Crippen LogP contribution in [0.1, 0.15) is 28.7 Å². The summed E-state index contributed by atoms with van der Waals surface area (Å²) in [4.78, 5) is 0. The fourth-order valence-corrected chi connectivity index (χ4v) is 2.90. The minimum absolute atomic E-state index is 0.0942. The fraction of sp³-hybridized carbons (Fsp3) is 0.250. The lowest BCUT2D eigenvalue weighted by Crippen LogP contribution is -2.21. The first-order valence-electron chi connectivity index (χ1n) is 6.53. The largest absolute Gasteiger partial charge is 0.388 e. The van der Waals surface area contributed by atoms with Crippen LogP contribution >= 0.6 is 27.5 Å². The Morgan fingerprint density at radius 1 is 1.33 bits per heavy atom. The molecule has 0 spiro atoms. The normalized spacial score (nSPS) is 14.0. The van der Waals surface area contributed by atoms with Gasteiger partial charge in [-0.1, -0.05) is 45.7 Å². The highest BCUT2D eigenvalue weighted by Gasteiger charge is 2.26. The number of hydrogen-bond donors (Lipinski definition) is 2. The van der Waals surface area contributed by atoms with Crippen LogP contribution in [0.25, 0.3) is 0 Å². The Kier molecular flexibility index (Phi) is 5.38. The third kappa shape index (κ3) is 3.46. The van der Waals surface area contributed by atoms with Gasteiger partial charge in [-0.2, -0.15) is 0 Å². The highest BCUT2D eigenvalue weighted by atomic mass is 79.9. The molecule has 0 heterocycles. The van der Waals surface area contributed by atoms with E-state index in [-0.39, 0.29) is 17.1 Å². The summed E-state index contributed by atoms with van der Waals surface area (Å²) in [5.74, 6) is -1.05. The zero-order valence-corrected chi connectivity index (χ0v) is 13.8. The van der Waals surface area contributed by atoms with E-state index in [9.17, 15) is 9.50 Å². The van der Waals surface area contributed by atoms with E-state index < -0.39 is 17.8 Å². The van der Waals surface area contributed by atoms with Gasteiger partial charge in [0.1, 0.15) is 5.82 Å². The molecule has 2 nitrogen and oxygen atoms in total. The maximum Gasteiger partial charge on any atom is 0.128 e. The molecule has 0 aliphatic rings. The number of nitrogens with two attached hydrogens (primary N) is 1. The monoisotopic (exact) mass is 371 g/mol. The first kappa shape index (κ1) is 16.4. The van der Waals surface area contributed by atoms with Crippen molar-refractivity contribution < 1.29 is 9.50 Å². The van der Waals surface area contributed by atoms with Crippen LogP contribution in [0.4, 0.5) is 4.39 Å². The molecule has 0 amide bonds. The molecule has 0 radical (unpaired) electrons. The van der Waals surface area contributed by atoms with Crippen molar-refractivity contribution in [2.45, 2.75) is 18.9 Å². The van der Waals surface area contributed by atoms with Gasteiger partial charge in [-0.05, 0) is 36.2 Å². The second kappa shape index (κ2) is 6.88. The Balaban J connectivity index is 2.43. The van der Waals surface area contributed by atoms with Crippen molar-refractivity contribution in [3.05, 3.63) is 68.4 Å². The molecule has 0 saturated heterocycles. The second-order valence-corrected chi connectivity index (χ2v) is 6.19. The average molecular weight is 373 g/mol. The molecule has 2 aromatic carbocycles. The molecule has 2 atom stereocenters. The lowest BCUT2D eigenvalue weighted by atomic mass is 9.88. The van der Waals surface area contributed by atoms with Gasteiger partial charge >= 0.3 is 0 Å². The quantitative estimate of drug-likeness (QED) is 0.839. The van der Waals surface area contributed by atoms with Crippen LogP contribution in [0.2, 0.25) is 5.02 Å². The molecule has 2 aromatic rings. The lowest BCUT2D eigenvalue weighted by Gasteiger charge is -2.24. The average Bonchev–Trinajstić information content (AvgIpc) is 2.45. The topological polar surface area (TPSA) is 46.2 Å². The van der Waals surface area contributed by atoms with Crippen molar-refractivity contribution in [2.75, 3.05) is 6.54 Å². The minimum Gasteiger partial charge on any atom is -0.388 e. The van der Waals surface area contributed by atoms with Crippen molar-refractivity contribution in [3.63, 3.8) is 0 Å². The number of benzene rings is 2. The Labute approximate surface area is 136 Å². The van der Waals surface area contributed by atoms with Gasteiger partial charge in [-0.15, -0.1) is 0 Å². The van der Waals surface area contributed by atoms with E-state index in [2.05, 4.69) is 15.9 Å². The summed E-state index contributed by atoms with van der Waals surface area (Å²) in [6.45, 7) is 2.02. The molecule has 0 aliphatic heterocycles. The first-order chi connectivity index (χ1) is 9.95. The van der Waals surface area contributed by atoms with E-state index in [1.807, 2.05) is 19.1 Å². The van der Waals surface area contributed by atoms with E-state index in [1.54, 1.807) is 12.1 Å². The van der Waals surface area contributed by atoms with Gasteiger partial charge in [0.25, 0.3) is 0 Å². The molecule has 3 N–H and O–H groups in total. The molecule has 0 aromatic heterocycles. The first-order valence-corrected chi connectivity index (χ1v) is 7.71. The van der Waals surface area contributed by atoms with E-state index in [1.165, 1.54) is 12.1 Å². The molecule has 0 aliphatic carbocycles. The van der Waals surface area contributed by atoms with E-state index >= 15 is 0 Å². The van der Waals surface area contributed by atoms with E-state index in [4.69, 9.17) is 17.3 Å². The highest BCUT2D eigenvalue weighted by molar-refractivity contribution is 9.10. The summed E-state index contributed by atoms with van der Waals surface area (Å²) in [6, 6.07) is 9.95. The molecule has 112 valence electrons. The van der Waals surface area contributed by atoms with Crippen molar-refractivity contribution >= 4 is 27.5 Å². The molecule has 0 fully saturated rings. The van der Waals surface area contributed by atoms with Gasteiger partial charge in [-0.25, -0.2) is 4.39 Å².